The van der Waals surface area contributed by atoms with Crippen molar-refractivity contribution in [1.29, 1.82) is 0 Å². The number of hydrogen-bond donors (Lipinski definition) is 1. The van der Waals surface area contributed by atoms with Gasteiger partial charge in [-0.15, -0.1) is 0 Å². The fraction of sp³-hybridized carbons (Fsp3) is 0.600. The highest BCUT2D eigenvalue weighted by Gasteiger charge is 2.17. The zero-order valence-electron chi connectivity index (χ0n) is 9.64. The molecule has 0 saturated heterocycles. The van der Waals surface area contributed by atoms with Gasteiger partial charge in [-0.2, -0.15) is 11.8 Å². The van der Waals surface area contributed by atoms with Gasteiger partial charge in [-0.1, -0.05) is 18.3 Å². The van der Waals surface area contributed by atoms with Crippen LogP contribution in [0.1, 0.15) is 23.0 Å². The van der Waals surface area contributed by atoms with Crippen LogP contribution in [0.5, 0.6) is 0 Å². The standard InChI is InChI=1S/C10H16N2O2S2/c1-4-7(6-15-3)12(2)10-11-5-8(16-10)9(13)14/h5,7H,4,6H2,1-3H3,(H,13,14). The zero-order valence-corrected chi connectivity index (χ0v) is 11.3. The van der Waals surface area contributed by atoms with Crippen molar-refractivity contribution in [1.82, 2.24) is 4.98 Å². The van der Waals surface area contributed by atoms with Crippen LogP contribution in [-0.2, 0) is 0 Å². The summed E-state index contributed by atoms with van der Waals surface area (Å²) in [6.45, 7) is 2.13. The monoisotopic (exact) mass is 260 g/mol. The number of aromatic nitrogens is 1. The summed E-state index contributed by atoms with van der Waals surface area (Å²) in [6, 6.07) is 0.405. The van der Waals surface area contributed by atoms with Crippen LogP contribution in [0.25, 0.3) is 0 Å². The first-order chi connectivity index (χ1) is 7.60. The number of thiazole rings is 1. The lowest BCUT2D eigenvalue weighted by atomic mass is 10.2. The predicted molar refractivity (Wildman–Crippen MR) is 69.9 cm³/mol. The Morgan fingerprint density at radius 3 is 2.88 bits per heavy atom. The van der Waals surface area contributed by atoms with Crippen LogP contribution in [0, 0.1) is 0 Å². The molecule has 0 aliphatic carbocycles. The molecule has 0 aromatic carbocycles. The SMILES string of the molecule is CCC(CSC)N(C)c1ncc(C(=O)O)s1. The minimum Gasteiger partial charge on any atom is -0.477 e. The number of thioether (sulfide) groups is 1. The van der Waals surface area contributed by atoms with Gasteiger partial charge < -0.3 is 10.0 Å². The lowest BCUT2D eigenvalue weighted by Gasteiger charge is -2.25. The smallest absolute Gasteiger partial charge is 0.347 e. The minimum atomic E-state index is -0.907. The molecule has 90 valence electrons. The van der Waals surface area contributed by atoms with Gasteiger partial charge in [-0.3, -0.25) is 0 Å². The maximum atomic E-state index is 10.7. The molecule has 1 heterocycles. The van der Waals surface area contributed by atoms with E-state index in [9.17, 15) is 4.79 Å². The number of anilines is 1. The molecule has 0 bridgehead atoms. The second-order valence-electron chi connectivity index (χ2n) is 3.44. The summed E-state index contributed by atoms with van der Waals surface area (Å²) >= 11 is 3.01. The first-order valence-electron chi connectivity index (χ1n) is 5.01. The van der Waals surface area contributed by atoms with Gasteiger partial charge in [0.25, 0.3) is 0 Å². The topological polar surface area (TPSA) is 53.4 Å². The molecule has 1 aromatic heterocycles. The summed E-state index contributed by atoms with van der Waals surface area (Å²) in [5, 5.41) is 9.60. The Balaban J connectivity index is 2.77. The van der Waals surface area contributed by atoms with Crippen LogP contribution >= 0.6 is 23.1 Å². The van der Waals surface area contributed by atoms with Gasteiger partial charge in [0.15, 0.2) is 5.13 Å². The highest BCUT2D eigenvalue weighted by molar-refractivity contribution is 7.98. The molecular formula is C10H16N2O2S2. The number of nitrogens with zero attached hydrogens (tertiary/aromatic N) is 2. The number of aromatic carboxylic acids is 1. The normalized spacial score (nSPS) is 12.4. The molecule has 4 nitrogen and oxygen atoms in total. The minimum absolute atomic E-state index is 0.292. The van der Waals surface area contributed by atoms with Crippen molar-refractivity contribution in [3.63, 3.8) is 0 Å². The molecule has 0 amide bonds. The van der Waals surface area contributed by atoms with Crippen molar-refractivity contribution in [2.24, 2.45) is 0 Å². The second kappa shape index (κ2) is 6.10. The van der Waals surface area contributed by atoms with Gasteiger partial charge in [0.1, 0.15) is 4.88 Å². The lowest BCUT2D eigenvalue weighted by molar-refractivity contribution is 0.0702. The molecule has 1 N–H and O–H groups in total. The number of carbonyl (C=O) groups is 1. The van der Waals surface area contributed by atoms with Crippen LogP contribution in [0.4, 0.5) is 5.13 Å². The summed E-state index contributed by atoms with van der Waals surface area (Å²) in [5.41, 5.74) is 0. The van der Waals surface area contributed by atoms with E-state index in [1.807, 2.05) is 7.05 Å². The van der Waals surface area contributed by atoms with E-state index in [-0.39, 0.29) is 0 Å². The van der Waals surface area contributed by atoms with Gasteiger partial charge in [0.05, 0.1) is 6.20 Å². The molecule has 0 saturated carbocycles. The molecule has 1 aromatic rings. The summed E-state index contributed by atoms with van der Waals surface area (Å²) < 4.78 is 0. The van der Waals surface area contributed by atoms with Crippen LogP contribution < -0.4 is 4.90 Å². The van der Waals surface area contributed by atoms with E-state index in [1.54, 1.807) is 11.8 Å². The molecule has 1 rings (SSSR count). The van der Waals surface area contributed by atoms with E-state index >= 15 is 0 Å². The largest absolute Gasteiger partial charge is 0.477 e. The Morgan fingerprint density at radius 2 is 2.44 bits per heavy atom. The lowest BCUT2D eigenvalue weighted by Crippen LogP contribution is -2.32. The zero-order chi connectivity index (χ0) is 12.1. The Bertz CT molecular complexity index is 354. The first-order valence-corrected chi connectivity index (χ1v) is 7.22. The molecule has 0 fully saturated rings. The molecule has 1 atom stereocenters. The van der Waals surface area contributed by atoms with Crippen molar-refractivity contribution >= 4 is 34.2 Å². The predicted octanol–water partition coefficient (Wildman–Crippen LogP) is 2.42. The van der Waals surface area contributed by atoms with Crippen molar-refractivity contribution < 1.29 is 9.90 Å². The Hall–Kier alpha value is -0.750. The fourth-order valence-electron chi connectivity index (χ4n) is 1.38. The average Bonchev–Trinajstić information content (AvgIpc) is 2.74. The van der Waals surface area contributed by atoms with E-state index in [0.29, 0.717) is 10.9 Å². The van der Waals surface area contributed by atoms with E-state index in [4.69, 9.17) is 5.11 Å². The number of carboxylic acid groups (broad SMARTS) is 1. The fourth-order valence-corrected chi connectivity index (χ4v) is 3.01. The van der Waals surface area contributed by atoms with Crippen molar-refractivity contribution in [2.75, 3.05) is 24.0 Å². The first kappa shape index (κ1) is 13.3. The third-order valence-corrected chi connectivity index (χ3v) is 4.18. The van der Waals surface area contributed by atoms with Gasteiger partial charge in [-0.05, 0) is 12.7 Å². The van der Waals surface area contributed by atoms with E-state index in [0.717, 1.165) is 17.3 Å². The van der Waals surface area contributed by atoms with Crippen LogP contribution in [0.3, 0.4) is 0 Å². The second-order valence-corrected chi connectivity index (χ2v) is 5.36. The Labute approximate surface area is 104 Å². The highest BCUT2D eigenvalue weighted by Crippen LogP contribution is 2.24. The molecule has 0 aliphatic heterocycles. The van der Waals surface area contributed by atoms with Gasteiger partial charge in [0.2, 0.25) is 0 Å². The maximum absolute atomic E-state index is 10.7. The Kier molecular flexibility index (Phi) is 5.08. The number of hydrogen-bond acceptors (Lipinski definition) is 5. The van der Waals surface area contributed by atoms with Crippen molar-refractivity contribution in [2.45, 2.75) is 19.4 Å². The van der Waals surface area contributed by atoms with Gasteiger partial charge >= 0.3 is 5.97 Å². The molecule has 6 heteroatoms. The maximum Gasteiger partial charge on any atom is 0.347 e. The third-order valence-electron chi connectivity index (χ3n) is 2.38. The molecule has 1 unspecified atom stereocenters. The van der Waals surface area contributed by atoms with Crippen molar-refractivity contribution in [3.8, 4) is 0 Å². The molecular weight excluding hydrogens is 244 g/mol. The molecule has 0 radical (unpaired) electrons. The average molecular weight is 260 g/mol. The summed E-state index contributed by atoms with van der Waals surface area (Å²) in [4.78, 5) is 17.2. The quantitative estimate of drug-likeness (QED) is 0.851. The number of carboxylic acids is 1. The van der Waals surface area contributed by atoms with Gasteiger partial charge in [-0.25, -0.2) is 9.78 Å². The van der Waals surface area contributed by atoms with Crippen molar-refractivity contribution in [3.05, 3.63) is 11.1 Å². The highest BCUT2D eigenvalue weighted by atomic mass is 32.2. The summed E-state index contributed by atoms with van der Waals surface area (Å²) in [5.74, 6) is 0.115. The van der Waals surface area contributed by atoms with E-state index in [1.165, 1.54) is 17.5 Å². The van der Waals surface area contributed by atoms with Crippen LogP contribution in [0.15, 0.2) is 6.20 Å². The molecule has 0 spiro atoms. The Morgan fingerprint density at radius 1 is 1.75 bits per heavy atom. The summed E-state index contributed by atoms with van der Waals surface area (Å²) in [6.07, 6.45) is 4.52. The van der Waals surface area contributed by atoms with Crippen LogP contribution in [0.2, 0.25) is 0 Å². The van der Waals surface area contributed by atoms with E-state index in [2.05, 4.69) is 23.1 Å². The molecule has 0 aliphatic rings. The summed E-state index contributed by atoms with van der Waals surface area (Å²) in [7, 11) is 1.97. The third kappa shape index (κ3) is 3.12. The van der Waals surface area contributed by atoms with Crippen LogP contribution in [-0.4, -0.2) is 41.2 Å². The van der Waals surface area contributed by atoms with Gasteiger partial charge in [0, 0.05) is 18.8 Å². The molecule has 16 heavy (non-hydrogen) atoms. The van der Waals surface area contributed by atoms with E-state index < -0.39 is 5.97 Å². The number of rotatable bonds is 6.